The standard InChI is InChI=1S/C28H36N2O6/c1-20(31)4-5-21-6-9-23(10-7-21)34-15-12-27(32)29-24(19-30-13-2-3-14-30)28(33)22-8-11-25-26(18-22)36-17-16-35-25/h6-11,18,24,28,33H,2-5,12-17,19H2,1H3,(H,29,32)/t24-,28+/m1/s1. The van der Waals surface area contributed by atoms with Gasteiger partial charge < -0.3 is 34.3 Å². The number of hydrogen-bond donors (Lipinski definition) is 2. The summed E-state index contributed by atoms with van der Waals surface area (Å²) in [5.74, 6) is 1.96. The number of aliphatic hydroxyl groups is 1. The first kappa shape index (κ1) is 26.0. The molecule has 36 heavy (non-hydrogen) atoms. The zero-order valence-electron chi connectivity index (χ0n) is 20.9. The van der Waals surface area contributed by atoms with Crippen molar-refractivity contribution < 1.29 is 28.9 Å². The Balaban J connectivity index is 1.32. The average Bonchev–Trinajstić information content (AvgIpc) is 3.40. The highest BCUT2D eigenvalue weighted by atomic mass is 16.6. The molecule has 0 spiro atoms. The Morgan fingerprint density at radius 1 is 1.03 bits per heavy atom. The third-order valence-corrected chi connectivity index (χ3v) is 6.58. The maximum atomic E-state index is 12.8. The van der Waals surface area contributed by atoms with E-state index in [4.69, 9.17) is 14.2 Å². The van der Waals surface area contributed by atoms with E-state index in [0.29, 0.717) is 55.4 Å². The van der Waals surface area contributed by atoms with Gasteiger partial charge in [-0.3, -0.25) is 4.79 Å². The van der Waals surface area contributed by atoms with Crippen molar-refractivity contribution in [3.63, 3.8) is 0 Å². The number of rotatable bonds is 12. The van der Waals surface area contributed by atoms with Crippen LogP contribution in [-0.2, 0) is 16.0 Å². The molecule has 2 N–H and O–H groups in total. The van der Waals surface area contributed by atoms with Crippen LogP contribution in [0.25, 0.3) is 0 Å². The van der Waals surface area contributed by atoms with Crippen LogP contribution in [0.1, 0.15) is 49.8 Å². The number of Topliss-reactive ketones (excluding diaryl/α,β-unsaturated/α-hetero) is 1. The molecule has 2 aliphatic rings. The van der Waals surface area contributed by atoms with Crippen LogP contribution in [0, 0.1) is 0 Å². The first-order valence-electron chi connectivity index (χ1n) is 12.8. The van der Waals surface area contributed by atoms with E-state index in [1.165, 1.54) is 0 Å². The molecule has 0 radical (unpaired) electrons. The summed E-state index contributed by atoms with van der Waals surface area (Å²) in [4.78, 5) is 26.2. The number of fused-ring (bicyclic) bond motifs is 1. The smallest absolute Gasteiger partial charge is 0.223 e. The summed E-state index contributed by atoms with van der Waals surface area (Å²) in [7, 11) is 0. The number of ether oxygens (including phenoxy) is 3. The molecule has 0 unspecified atom stereocenters. The van der Waals surface area contributed by atoms with E-state index in [9.17, 15) is 14.7 Å². The fraction of sp³-hybridized carbons (Fsp3) is 0.500. The number of ketones is 1. The number of benzene rings is 2. The molecule has 8 nitrogen and oxygen atoms in total. The minimum atomic E-state index is -0.881. The highest BCUT2D eigenvalue weighted by Crippen LogP contribution is 2.33. The van der Waals surface area contributed by atoms with Crippen LogP contribution in [0.3, 0.4) is 0 Å². The lowest BCUT2D eigenvalue weighted by Gasteiger charge is -2.29. The Labute approximate surface area is 212 Å². The quantitative estimate of drug-likeness (QED) is 0.466. The van der Waals surface area contributed by atoms with Gasteiger partial charge in [-0.1, -0.05) is 18.2 Å². The Kier molecular flexibility index (Phi) is 9.19. The largest absolute Gasteiger partial charge is 0.493 e. The fourth-order valence-corrected chi connectivity index (χ4v) is 4.56. The summed E-state index contributed by atoms with van der Waals surface area (Å²) >= 11 is 0. The van der Waals surface area contributed by atoms with E-state index in [-0.39, 0.29) is 24.7 Å². The minimum absolute atomic E-state index is 0.170. The van der Waals surface area contributed by atoms with Crippen LogP contribution in [0.15, 0.2) is 42.5 Å². The molecule has 0 bridgehead atoms. The molecular weight excluding hydrogens is 460 g/mol. The monoisotopic (exact) mass is 496 g/mol. The molecule has 1 amide bonds. The Hall–Kier alpha value is -3.10. The van der Waals surface area contributed by atoms with Gasteiger partial charge in [-0.25, -0.2) is 0 Å². The van der Waals surface area contributed by atoms with Gasteiger partial charge >= 0.3 is 0 Å². The first-order valence-corrected chi connectivity index (χ1v) is 12.8. The first-order chi connectivity index (χ1) is 17.5. The predicted molar refractivity (Wildman–Crippen MR) is 136 cm³/mol. The molecule has 4 rings (SSSR count). The number of carbonyl (C=O) groups is 2. The number of nitrogens with zero attached hydrogens (tertiary/aromatic N) is 1. The molecule has 1 saturated heterocycles. The van der Waals surface area contributed by atoms with Gasteiger partial charge in [0.15, 0.2) is 11.5 Å². The average molecular weight is 497 g/mol. The van der Waals surface area contributed by atoms with Crippen LogP contribution >= 0.6 is 0 Å². The van der Waals surface area contributed by atoms with Gasteiger partial charge in [0.2, 0.25) is 5.91 Å². The maximum absolute atomic E-state index is 12.8. The second-order valence-corrected chi connectivity index (χ2v) is 9.47. The summed E-state index contributed by atoms with van der Waals surface area (Å²) in [6.07, 6.45) is 2.79. The van der Waals surface area contributed by atoms with Crippen molar-refractivity contribution in [2.45, 2.75) is 51.2 Å². The molecule has 0 aliphatic carbocycles. The van der Waals surface area contributed by atoms with E-state index in [1.54, 1.807) is 19.1 Å². The Morgan fingerprint density at radius 2 is 1.75 bits per heavy atom. The lowest BCUT2D eigenvalue weighted by atomic mass is 10.0. The van der Waals surface area contributed by atoms with Crippen LogP contribution in [0.2, 0.25) is 0 Å². The lowest BCUT2D eigenvalue weighted by Crippen LogP contribution is -2.47. The SMILES string of the molecule is CC(=O)CCc1ccc(OCCC(=O)N[C@H](CN2CCCC2)[C@@H](O)c2ccc3c(c2)OCCO3)cc1. The summed E-state index contributed by atoms with van der Waals surface area (Å²) in [5.41, 5.74) is 1.76. The minimum Gasteiger partial charge on any atom is -0.493 e. The molecule has 8 heteroatoms. The van der Waals surface area contributed by atoms with E-state index < -0.39 is 12.1 Å². The van der Waals surface area contributed by atoms with E-state index in [2.05, 4.69) is 10.2 Å². The zero-order chi connectivity index (χ0) is 25.3. The molecule has 2 aliphatic heterocycles. The molecule has 0 aromatic heterocycles. The lowest BCUT2D eigenvalue weighted by molar-refractivity contribution is -0.123. The van der Waals surface area contributed by atoms with Gasteiger partial charge in [0.05, 0.1) is 19.1 Å². The molecule has 1 fully saturated rings. The molecule has 2 aromatic carbocycles. The number of likely N-dealkylation sites (tertiary alicyclic amines) is 1. The van der Waals surface area contributed by atoms with Gasteiger partial charge in [-0.2, -0.15) is 0 Å². The van der Waals surface area contributed by atoms with Gasteiger partial charge in [0.1, 0.15) is 30.9 Å². The third-order valence-electron chi connectivity index (χ3n) is 6.58. The summed E-state index contributed by atoms with van der Waals surface area (Å²) in [6, 6.07) is 12.6. The Bertz CT molecular complexity index is 1020. The number of nitrogens with one attached hydrogen (secondary N) is 1. The Morgan fingerprint density at radius 3 is 2.47 bits per heavy atom. The maximum Gasteiger partial charge on any atom is 0.223 e. The van der Waals surface area contributed by atoms with Gasteiger partial charge in [0.25, 0.3) is 0 Å². The van der Waals surface area contributed by atoms with E-state index >= 15 is 0 Å². The molecule has 2 atom stereocenters. The van der Waals surface area contributed by atoms with Crippen molar-refractivity contribution in [3.05, 3.63) is 53.6 Å². The van der Waals surface area contributed by atoms with E-state index in [1.807, 2.05) is 30.3 Å². The molecule has 2 heterocycles. The van der Waals surface area contributed by atoms with Crippen LogP contribution in [-0.4, -0.2) is 67.2 Å². The highest BCUT2D eigenvalue weighted by molar-refractivity contribution is 5.76. The van der Waals surface area contributed by atoms with Crippen molar-refractivity contribution in [2.75, 3.05) is 39.5 Å². The number of carbonyl (C=O) groups excluding carboxylic acids is 2. The molecule has 2 aromatic rings. The van der Waals surface area contributed by atoms with Crippen molar-refractivity contribution in [3.8, 4) is 17.2 Å². The number of hydrogen-bond acceptors (Lipinski definition) is 7. The van der Waals surface area contributed by atoms with Gasteiger partial charge in [-0.15, -0.1) is 0 Å². The van der Waals surface area contributed by atoms with Crippen LogP contribution in [0.4, 0.5) is 0 Å². The normalized spacial score (nSPS) is 16.8. The van der Waals surface area contributed by atoms with Crippen LogP contribution in [0.5, 0.6) is 17.2 Å². The zero-order valence-corrected chi connectivity index (χ0v) is 20.9. The van der Waals surface area contributed by atoms with Crippen molar-refractivity contribution in [2.24, 2.45) is 0 Å². The molecule has 0 saturated carbocycles. The summed E-state index contributed by atoms with van der Waals surface area (Å²) < 4.78 is 17.0. The molecule has 194 valence electrons. The van der Waals surface area contributed by atoms with E-state index in [0.717, 1.165) is 31.5 Å². The number of amides is 1. The predicted octanol–water partition coefficient (Wildman–Crippen LogP) is 3.06. The van der Waals surface area contributed by atoms with Crippen LogP contribution < -0.4 is 19.5 Å². The summed E-state index contributed by atoms with van der Waals surface area (Å²) in [5, 5.41) is 14.2. The van der Waals surface area contributed by atoms with Gasteiger partial charge in [0, 0.05) is 13.0 Å². The van der Waals surface area contributed by atoms with Crippen molar-refractivity contribution in [1.29, 1.82) is 0 Å². The highest BCUT2D eigenvalue weighted by Gasteiger charge is 2.27. The third kappa shape index (κ3) is 7.45. The molecular formula is C28H36N2O6. The second kappa shape index (κ2) is 12.7. The van der Waals surface area contributed by atoms with Crippen molar-refractivity contribution >= 4 is 11.7 Å². The number of aliphatic hydroxyl groups excluding tert-OH is 1. The summed E-state index contributed by atoms with van der Waals surface area (Å²) in [6.45, 7) is 5.31. The second-order valence-electron chi connectivity index (χ2n) is 9.47. The van der Waals surface area contributed by atoms with Gasteiger partial charge in [-0.05, 0) is 74.7 Å². The topological polar surface area (TPSA) is 97.3 Å². The van der Waals surface area contributed by atoms with Crippen molar-refractivity contribution in [1.82, 2.24) is 10.2 Å². The number of aryl methyl sites for hydroxylation is 1. The fourth-order valence-electron chi connectivity index (χ4n) is 4.56.